The van der Waals surface area contributed by atoms with Gasteiger partial charge in [-0.3, -0.25) is 14.4 Å². The van der Waals surface area contributed by atoms with Crippen molar-refractivity contribution < 1.29 is 28.6 Å². The average molecular weight is 765 g/mol. The van der Waals surface area contributed by atoms with Crippen molar-refractivity contribution in [3.05, 3.63) is 0 Å². The molecule has 0 spiro atoms. The van der Waals surface area contributed by atoms with Crippen molar-refractivity contribution in [2.24, 2.45) is 11.8 Å². The van der Waals surface area contributed by atoms with Crippen molar-refractivity contribution in [3.63, 3.8) is 0 Å². The zero-order chi connectivity index (χ0) is 39.7. The van der Waals surface area contributed by atoms with Gasteiger partial charge >= 0.3 is 17.9 Å². The molecule has 6 nitrogen and oxygen atoms in total. The monoisotopic (exact) mass is 765 g/mol. The number of unbranched alkanes of at least 4 members (excludes halogenated alkanes) is 27. The van der Waals surface area contributed by atoms with Crippen LogP contribution in [0.15, 0.2) is 0 Å². The van der Waals surface area contributed by atoms with Crippen molar-refractivity contribution in [2.75, 3.05) is 13.2 Å². The normalized spacial score (nSPS) is 12.1. The Bertz CT molecular complexity index is 824. The summed E-state index contributed by atoms with van der Waals surface area (Å²) in [6.45, 7) is 11.2. The summed E-state index contributed by atoms with van der Waals surface area (Å²) < 4.78 is 16.6. The van der Waals surface area contributed by atoms with Crippen LogP contribution in [0.2, 0.25) is 0 Å². The van der Waals surface area contributed by atoms with Gasteiger partial charge in [-0.15, -0.1) is 0 Å². The third-order valence-corrected chi connectivity index (χ3v) is 10.7. The molecule has 0 aliphatic carbocycles. The molecule has 320 valence electrons. The molecule has 0 unspecified atom stereocenters. The Labute approximate surface area is 336 Å². The summed E-state index contributed by atoms with van der Waals surface area (Å²) in [4.78, 5) is 37.4. The molecule has 0 aliphatic rings. The molecule has 0 aromatic heterocycles. The average Bonchev–Trinajstić information content (AvgIpc) is 3.14. The SMILES string of the molecule is CCCCCCCC(=O)OC[C@@H](COC(=O)CCCCCCCCCC(C)C)OC(=O)CCCCCCCCCCCCCCCCCCCCC(C)C. The van der Waals surface area contributed by atoms with Crippen LogP contribution in [-0.2, 0) is 28.6 Å². The van der Waals surface area contributed by atoms with Gasteiger partial charge in [0.15, 0.2) is 6.10 Å². The van der Waals surface area contributed by atoms with Crippen molar-refractivity contribution in [1.29, 1.82) is 0 Å². The first-order valence-corrected chi connectivity index (χ1v) is 23.7. The highest BCUT2D eigenvalue weighted by molar-refractivity contribution is 5.71. The molecule has 0 saturated heterocycles. The first-order valence-electron chi connectivity index (χ1n) is 23.7. The predicted molar refractivity (Wildman–Crippen MR) is 229 cm³/mol. The smallest absolute Gasteiger partial charge is 0.306 e. The summed E-state index contributed by atoms with van der Waals surface area (Å²) in [6.07, 6.45) is 39.9. The number of carbonyl (C=O) groups excluding carboxylic acids is 3. The molecule has 1 atom stereocenters. The second-order valence-electron chi connectivity index (χ2n) is 17.3. The van der Waals surface area contributed by atoms with Crippen LogP contribution in [0.25, 0.3) is 0 Å². The van der Waals surface area contributed by atoms with E-state index in [0.717, 1.165) is 76.0 Å². The molecule has 0 saturated carbocycles. The van der Waals surface area contributed by atoms with E-state index in [1.807, 2.05) is 0 Å². The number of ether oxygens (including phenoxy) is 3. The Morgan fingerprint density at radius 2 is 0.611 bits per heavy atom. The molecular formula is C48H92O6. The maximum absolute atomic E-state index is 12.7. The van der Waals surface area contributed by atoms with Gasteiger partial charge in [0.2, 0.25) is 0 Å². The van der Waals surface area contributed by atoms with Crippen LogP contribution in [-0.4, -0.2) is 37.2 Å². The minimum Gasteiger partial charge on any atom is -0.462 e. The van der Waals surface area contributed by atoms with E-state index in [9.17, 15) is 14.4 Å². The van der Waals surface area contributed by atoms with Gasteiger partial charge in [0.25, 0.3) is 0 Å². The molecule has 6 heteroatoms. The summed E-state index contributed by atoms with van der Waals surface area (Å²) >= 11 is 0. The van der Waals surface area contributed by atoms with Gasteiger partial charge in [-0.1, -0.05) is 221 Å². The Kier molecular flexibility index (Phi) is 39.8. The fraction of sp³-hybridized carbons (Fsp3) is 0.938. The van der Waals surface area contributed by atoms with Crippen molar-refractivity contribution >= 4 is 17.9 Å². The fourth-order valence-electron chi connectivity index (χ4n) is 7.11. The van der Waals surface area contributed by atoms with E-state index in [1.54, 1.807) is 0 Å². The fourth-order valence-corrected chi connectivity index (χ4v) is 7.11. The molecule has 0 rings (SSSR count). The number of esters is 3. The van der Waals surface area contributed by atoms with E-state index in [2.05, 4.69) is 34.6 Å². The van der Waals surface area contributed by atoms with Gasteiger partial charge in [-0.05, 0) is 31.1 Å². The molecule has 0 bridgehead atoms. The Balaban J connectivity index is 4.07. The van der Waals surface area contributed by atoms with Gasteiger partial charge in [-0.25, -0.2) is 0 Å². The number of hydrogen-bond acceptors (Lipinski definition) is 6. The van der Waals surface area contributed by atoms with Crippen molar-refractivity contribution in [3.8, 4) is 0 Å². The number of carbonyl (C=O) groups is 3. The first kappa shape index (κ1) is 52.4. The minimum absolute atomic E-state index is 0.0665. The summed E-state index contributed by atoms with van der Waals surface area (Å²) in [7, 11) is 0. The highest BCUT2D eigenvalue weighted by Gasteiger charge is 2.19. The minimum atomic E-state index is -0.759. The molecule has 0 heterocycles. The van der Waals surface area contributed by atoms with Crippen LogP contribution < -0.4 is 0 Å². The molecule has 0 aromatic carbocycles. The Morgan fingerprint density at radius 3 is 0.907 bits per heavy atom. The molecule has 0 aromatic rings. The lowest BCUT2D eigenvalue weighted by molar-refractivity contribution is -0.167. The summed E-state index contributed by atoms with van der Waals surface area (Å²) in [5.41, 5.74) is 0. The van der Waals surface area contributed by atoms with E-state index in [4.69, 9.17) is 14.2 Å². The maximum atomic E-state index is 12.7. The lowest BCUT2D eigenvalue weighted by atomic mass is 10.0. The summed E-state index contributed by atoms with van der Waals surface area (Å²) in [5.74, 6) is 0.768. The van der Waals surface area contributed by atoms with Crippen LogP contribution in [0.1, 0.15) is 259 Å². The van der Waals surface area contributed by atoms with Crippen LogP contribution in [0, 0.1) is 11.8 Å². The highest BCUT2D eigenvalue weighted by Crippen LogP contribution is 2.17. The first-order chi connectivity index (χ1) is 26.2. The maximum Gasteiger partial charge on any atom is 0.306 e. The van der Waals surface area contributed by atoms with Gasteiger partial charge in [-0.2, -0.15) is 0 Å². The van der Waals surface area contributed by atoms with Crippen LogP contribution in [0.5, 0.6) is 0 Å². The topological polar surface area (TPSA) is 78.9 Å². The number of rotatable bonds is 42. The quantitative estimate of drug-likeness (QED) is 0.0350. The van der Waals surface area contributed by atoms with E-state index in [-0.39, 0.29) is 31.1 Å². The van der Waals surface area contributed by atoms with Gasteiger partial charge in [0, 0.05) is 19.3 Å². The second kappa shape index (κ2) is 41.1. The van der Waals surface area contributed by atoms with Crippen molar-refractivity contribution in [1.82, 2.24) is 0 Å². The predicted octanol–water partition coefficient (Wildman–Crippen LogP) is 15.0. The Hall–Kier alpha value is -1.59. The third kappa shape index (κ3) is 41.6. The van der Waals surface area contributed by atoms with E-state index in [0.29, 0.717) is 19.3 Å². The molecular weight excluding hydrogens is 673 g/mol. The molecule has 0 amide bonds. The summed E-state index contributed by atoms with van der Waals surface area (Å²) in [6, 6.07) is 0. The highest BCUT2D eigenvalue weighted by atomic mass is 16.6. The van der Waals surface area contributed by atoms with E-state index < -0.39 is 6.10 Å². The van der Waals surface area contributed by atoms with Gasteiger partial charge in [0.1, 0.15) is 13.2 Å². The molecule has 0 aliphatic heterocycles. The van der Waals surface area contributed by atoms with Crippen molar-refractivity contribution in [2.45, 2.75) is 265 Å². The van der Waals surface area contributed by atoms with E-state index >= 15 is 0 Å². The molecule has 0 N–H and O–H groups in total. The third-order valence-electron chi connectivity index (χ3n) is 10.7. The van der Waals surface area contributed by atoms with Crippen LogP contribution in [0.4, 0.5) is 0 Å². The van der Waals surface area contributed by atoms with Crippen LogP contribution in [0.3, 0.4) is 0 Å². The van der Waals surface area contributed by atoms with Crippen LogP contribution >= 0.6 is 0 Å². The summed E-state index contributed by atoms with van der Waals surface area (Å²) in [5, 5.41) is 0. The van der Waals surface area contributed by atoms with Gasteiger partial charge < -0.3 is 14.2 Å². The lowest BCUT2D eigenvalue weighted by Gasteiger charge is -2.18. The largest absolute Gasteiger partial charge is 0.462 e. The lowest BCUT2D eigenvalue weighted by Crippen LogP contribution is -2.30. The number of hydrogen-bond donors (Lipinski definition) is 0. The van der Waals surface area contributed by atoms with E-state index in [1.165, 1.54) is 141 Å². The molecule has 54 heavy (non-hydrogen) atoms. The second-order valence-corrected chi connectivity index (χ2v) is 17.3. The standard InChI is InChI=1S/C48H92O6/c1-6-7-8-26-33-38-46(49)52-41-45(42-53-47(50)39-34-29-25-21-23-28-32-37-44(4)5)54-48(51)40-35-30-24-20-18-16-14-12-10-9-11-13-15-17-19-22-27-31-36-43(2)3/h43-45H,6-42H2,1-5H3/t45-/m0/s1. The Morgan fingerprint density at radius 1 is 0.352 bits per heavy atom. The zero-order valence-corrected chi connectivity index (χ0v) is 36.8. The molecule has 0 fully saturated rings. The zero-order valence-electron chi connectivity index (χ0n) is 36.8. The van der Waals surface area contributed by atoms with Gasteiger partial charge in [0.05, 0.1) is 0 Å². The molecule has 0 radical (unpaired) electrons.